The van der Waals surface area contributed by atoms with Crippen LogP contribution >= 0.6 is 0 Å². The number of oxazole rings is 3. The molecule has 610 valence electrons. The predicted molar refractivity (Wildman–Crippen MR) is 407 cm³/mol. The van der Waals surface area contributed by atoms with Gasteiger partial charge in [-0.15, -0.1) is 0 Å². The highest BCUT2D eigenvalue weighted by Gasteiger charge is 2.36. The maximum atomic E-state index is 12.9. The molecule has 0 aliphatic heterocycles. The van der Waals surface area contributed by atoms with Gasteiger partial charge < -0.3 is 81.1 Å². The molecule has 12 rings (SSSR count). The molecule has 9 aromatic heterocycles. The summed E-state index contributed by atoms with van der Waals surface area (Å²) in [6, 6.07) is 9.84. The van der Waals surface area contributed by atoms with Gasteiger partial charge in [0.25, 0.3) is 29.5 Å². The molecule has 0 saturated heterocycles. The first-order valence-electron chi connectivity index (χ1n) is 35.1. The number of anilines is 6. The number of primary amides is 3. The van der Waals surface area contributed by atoms with E-state index in [0.717, 1.165) is 51.1 Å². The van der Waals surface area contributed by atoms with Gasteiger partial charge in [0, 0.05) is 73.5 Å². The van der Waals surface area contributed by atoms with E-state index >= 15 is 0 Å². The fourth-order valence-corrected chi connectivity index (χ4v) is 10.0. The summed E-state index contributed by atoms with van der Waals surface area (Å²) in [4.78, 5) is 149. The van der Waals surface area contributed by atoms with Gasteiger partial charge in [0.05, 0.1) is 49.9 Å². The number of nitrogens with zero attached hydrogens (tertiary/aromatic N) is 15. The SMILES string of the molecule is C.CC(C)(C)OC(=O)N(CC1CC1)c1cc(-c2nc(C(=O)Nc3cn(CC=O)nc3C(N)=O)co2)ccn1.CC(C)(C)OC(=O)N(CC1CC1)c1cc(-c2nc(C(=O)Nc3cn(CCO)nc3C(N)=O)co2)ccn1.CC(C)(C)OC(=O)N(CC1CC1)c1cc(-c2nc(C(=O)O)co2)ccn1.F.NC(=O)c1nn(CCO)cc1N. The lowest BCUT2D eigenvalue weighted by Gasteiger charge is -2.27. The number of aliphatic hydroxyl groups excluding tert-OH is 2. The number of hydrogen-bond donors (Lipinski definition) is 9. The second kappa shape index (κ2) is 38.1. The lowest BCUT2D eigenvalue weighted by atomic mass is 10.2. The summed E-state index contributed by atoms with van der Waals surface area (Å²) in [7, 11) is 0. The Bertz CT molecular complexity index is 4890. The molecule has 0 unspecified atom stereocenters. The fraction of sp³-hybridized carbons (Fsp3) is 0.411. The quantitative estimate of drug-likeness (QED) is 0.0183. The van der Waals surface area contributed by atoms with Gasteiger partial charge in [0.15, 0.2) is 34.2 Å². The summed E-state index contributed by atoms with van der Waals surface area (Å²) in [5, 5.41) is 43.2. The molecule has 8 amide bonds. The van der Waals surface area contributed by atoms with Crippen molar-refractivity contribution in [2.75, 3.05) is 63.9 Å². The third kappa shape index (κ3) is 25.4. The Kier molecular flexibility index (Phi) is 29.3. The van der Waals surface area contributed by atoms with Gasteiger partial charge in [-0.2, -0.15) is 15.3 Å². The molecule has 0 radical (unpaired) electrons. The molecule has 13 N–H and O–H groups in total. The molecule has 0 bridgehead atoms. The van der Waals surface area contributed by atoms with Crippen molar-refractivity contribution in [1.29, 1.82) is 0 Å². The molecule has 9 heterocycles. The van der Waals surface area contributed by atoms with Crippen LogP contribution in [0.5, 0.6) is 0 Å². The summed E-state index contributed by atoms with van der Waals surface area (Å²) in [6.45, 7) is 17.7. The minimum Gasteiger partial charge on any atom is -0.476 e. The van der Waals surface area contributed by atoms with Gasteiger partial charge in [0.1, 0.15) is 59.3 Å². The van der Waals surface area contributed by atoms with Gasteiger partial charge in [-0.25, -0.2) is 49.1 Å². The van der Waals surface area contributed by atoms with E-state index in [9.17, 15) is 47.9 Å². The molecule has 114 heavy (non-hydrogen) atoms. The lowest BCUT2D eigenvalue weighted by molar-refractivity contribution is -0.108. The second-order valence-corrected chi connectivity index (χ2v) is 28.8. The van der Waals surface area contributed by atoms with Crippen molar-refractivity contribution in [2.24, 2.45) is 35.0 Å². The van der Waals surface area contributed by atoms with Crippen molar-refractivity contribution in [2.45, 2.75) is 145 Å². The zero-order valence-electron chi connectivity index (χ0n) is 63.2. The van der Waals surface area contributed by atoms with E-state index in [-0.39, 0.29) is 107 Å². The van der Waals surface area contributed by atoms with E-state index < -0.39 is 70.6 Å². The number of nitrogen functional groups attached to an aromatic ring is 1. The van der Waals surface area contributed by atoms with E-state index in [4.69, 9.17) is 65.7 Å². The van der Waals surface area contributed by atoms with E-state index in [1.54, 1.807) is 77.9 Å². The van der Waals surface area contributed by atoms with Crippen LogP contribution in [-0.2, 0) is 38.6 Å². The number of aldehydes is 1. The van der Waals surface area contributed by atoms with Crippen LogP contribution < -0.4 is 48.3 Å². The molecular weight excluding hydrogens is 1490 g/mol. The minimum absolute atomic E-state index is 0. The van der Waals surface area contributed by atoms with Gasteiger partial charge >= 0.3 is 24.2 Å². The summed E-state index contributed by atoms with van der Waals surface area (Å²) < 4.78 is 36.7. The number of carbonyl (C=O) groups excluding carboxylic acids is 9. The Labute approximate surface area is 651 Å². The van der Waals surface area contributed by atoms with Crippen molar-refractivity contribution < 1.29 is 95.4 Å². The molecular formula is C73H92FN21O19. The predicted octanol–water partition coefficient (Wildman–Crippen LogP) is 7.99. The van der Waals surface area contributed by atoms with Gasteiger partial charge in [-0.3, -0.25) is 57.4 Å². The number of ether oxygens (including phenoxy) is 3. The van der Waals surface area contributed by atoms with Crippen LogP contribution in [0.2, 0.25) is 0 Å². The minimum atomic E-state index is -1.17. The monoisotopic (exact) mass is 1590 g/mol. The number of nitrogens with one attached hydrogen (secondary N) is 2. The first-order valence-corrected chi connectivity index (χ1v) is 35.1. The molecule has 0 atom stereocenters. The molecule has 3 aliphatic rings. The van der Waals surface area contributed by atoms with Gasteiger partial charge in [-0.1, -0.05) is 7.43 Å². The van der Waals surface area contributed by atoms with Crippen molar-refractivity contribution in [3.8, 4) is 34.4 Å². The van der Waals surface area contributed by atoms with Gasteiger partial charge in [0.2, 0.25) is 17.7 Å². The fourth-order valence-electron chi connectivity index (χ4n) is 10.0. The molecule has 0 spiro atoms. The van der Waals surface area contributed by atoms with E-state index in [1.165, 1.54) is 72.2 Å². The van der Waals surface area contributed by atoms with Crippen LogP contribution in [-0.4, -0.2) is 184 Å². The Morgan fingerprint density at radius 2 is 0.833 bits per heavy atom. The average molecular weight is 1590 g/mol. The molecule has 9 aromatic rings. The van der Waals surface area contributed by atoms with Crippen LogP contribution in [0.1, 0.15) is 171 Å². The smallest absolute Gasteiger partial charge is 0.416 e. The number of aliphatic hydroxyl groups is 2. The number of pyridine rings is 3. The van der Waals surface area contributed by atoms with Crippen molar-refractivity contribution in [3.63, 3.8) is 0 Å². The first kappa shape index (κ1) is 87.9. The zero-order valence-corrected chi connectivity index (χ0v) is 63.2. The summed E-state index contributed by atoms with van der Waals surface area (Å²) in [5.74, 6) is -2.08. The largest absolute Gasteiger partial charge is 0.476 e. The Balaban J connectivity index is 0.000000221. The van der Waals surface area contributed by atoms with Gasteiger partial charge in [-0.05, 0) is 155 Å². The average Bonchev–Trinajstić information content (AvgIpc) is 1.57. The highest BCUT2D eigenvalue weighted by Crippen LogP contribution is 2.36. The highest BCUT2D eigenvalue weighted by atomic mass is 19.0. The van der Waals surface area contributed by atoms with Crippen LogP contribution in [0.15, 0.2) is 106 Å². The number of halogens is 1. The van der Waals surface area contributed by atoms with Crippen LogP contribution in [0, 0.1) is 17.8 Å². The van der Waals surface area contributed by atoms with Crippen molar-refractivity contribution >= 4 is 94.6 Å². The molecule has 41 heteroatoms. The number of carbonyl (C=O) groups is 10. The summed E-state index contributed by atoms with van der Waals surface area (Å²) >= 11 is 0. The third-order valence-corrected chi connectivity index (χ3v) is 15.7. The topological polar surface area (TPSA) is 567 Å². The summed E-state index contributed by atoms with van der Waals surface area (Å²) in [5.41, 5.74) is 20.3. The molecule has 3 saturated carbocycles. The number of carboxylic acids is 1. The van der Waals surface area contributed by atoms with E-state index in [2.05, 4.69) is 55.8 Å². The number of hydrogen-bond acceptors (Lipinski definition) is 28. The standard InChI is InChI=1S/C24H29N7O6.C24H27N7O6.C18H21N3O5.C6H10N4O2.CH4.FH/c2*1-24(2,3)37-23(35)31(11-14-4-5-14)18-10-15(6-7-26-18)22-28-17(13-36-22)21(34)27-16-12-30(8-9-32)29-19(16)20(25)33;1-18(2,3)26-17(24)21(9-11-4-5-11)14-8-12(6-7-19-14)15-20-13(10-25-15)16(22)23;7-4-3-10(1-2-11)9-5(4)6(8)12;;/h6-7,10,12-14,32H,4-5,8-9,11H2,1-3H3,(H2,25,33)(H,27,34);6-7,9-10,12-14H,4-5,8,11H2,1-3H3,(H2,25,33)(H,27,34);6-8,10-11H,4-5,9H2,1-3H3,(H,22,23);3,11H,1-2,7H2,(H2,8,12);1H4;1H. The maximum absolute atomic E-state index is 12.9. The molecule has 3 aliphatic carbocycles. The normalized spacial score (nSPS) is 12.9. The lowest BCUT2D eigenvalue weighted by Crippen LogP contribution is -2.38. The van der Waals surface area contributed by atoms with E-state index in [1.807, 2.05) is 20.8 Å². The number of aromatic carboxylic acids is 1. The highest BCUT2D eigenvalue weighted by molar-refractivity contribution is 6.08. The van der Waals surface area contributed by atoms with Crippen LogP contribution in [0.4, 0.5) is 53.6 Å². The molecule has 40 nitrogen and oxygen atoms in total. The van der Waals surface area contributed by atoms with Crippen molar-refractivity contribution in [3.05, 3.63) is 127 Å². The third-order valence-electron chi connectivity index (χ3n) is 15.7. The Morgan fingerprint density at radius 1 is 0.518 bits per heavy atom. The van der Waals surface area contributed by atoms with E-state index in [0.29, 0.717) is 84.4 Å². The molecule has 0 aromatic carbocycles. The zero-order chi connectivity index (χ0) is 81.5. The number of aromatic nitrogens is 12. The first-order chi connectivity index (χ1) is 52.9. The number of rotatable bonds is 26. The molecule has 3 fully saturated rings. The van der Waals surface area contributed by atoms with Crippen molar-refractivity contribution in [1.82, 2.24) is 59.2 Å². The number of nitrogens with two attached hydrogens (primary N) is 4. The second-order valence-electron chi connectivity index (χ2n) is 28.8. The van der Waals surface area contributed by atoms with Crippen LogP contribution in [0.3, 0.4) is 0 Å². The number of amides is 8. The Morgan fingerprint density at radius 3 is 1.13 bits per heavy atom. The maximum Gasteiger partial charge on any atom is 0.416 e. The van der Waals surface area contributed by atoms with Crippen LogP contribution in [0.25, 0.3) is 34.4 Å². The Hall–Kier alpha value is -13.3. The number of carboxylic acid groups (broad SMARTS) is 1. The summed E-state index contributed by atoms with van der Waals surface area (Å²) in [6.07, 6.45) is 17.5.